The van der Waals surface area contributed by atoms with Gasteiger partial charge in [0, 0.05) is 12.1 Å². The minimum atomic E-state index is -2.16. The summed E-state index contributed by atoms with van der Waals surface area (Å²) in [7, 11) is 0. The highest BCUT2D eigenvalue weighted by molar-refractivity contribution is 7.16. The molecule has 7 nitrogen and oxygen atoms in total. The number of rotatable bonds is 8. The number of aromatic nitrogens is 1. The van der Waals surface area contributed by atoms with Gasteiger partial charge in [-0.3, -0.25) is 9.69 Å². The number of hydrogen-bond acceptors (Lipinski definition) is 7. The smallest absolute Gasteiger partial charge is 0.305 e. The summed E-state index contributed by atoms with van der Waals surface area (Å²) >= 11 is 0.847. The number of fused-ring (bicyclic) bond motifs is 1. The highest BCUT2D eigenvalue weighted by Crippen LogP contribution is 2.32. The number of thiazole rings is 1. The summed E-state index contributed by atoms with van der Waals surface area (Å²) in [6.07, 6.45) is 3.33. The maximum absolute atomic E-state index is 11.6. The van der Waals surface area contributed by atoms with Gasteiger partial charge in [0.05, 0.1) is 11.2 Å². The minimum Gasteiger partial charge on any atom is -0.506 e. The molecule has 1 aliphatic heterocycles. The van der Waals surface area contributed by atoms with Crippen LogP contribution in [0.1, 0.15) is 29.5 Å². The monoisotopic (exact) mass is 501 g/mol. The number of H-pyrrole nitrogens is 1. The maximum atomic E-state index is 11.6. The lowest BCUT2D eigenvalue weighted by Crippen LogP contribution is -2.38. The van der Waals surface area contributed by atoms with Crippen molar-refractivity contribution in [3.8, 4) is 5.75 Å². The number of aromatic hydroxyl groups is 1. The van der Waals surface area contributed by atoms with E-state index in [0.717, 1.165) is 24.3 Å². The maximum Gasteiger partial charge on any atom is 0.305 e. The van der Waals surface area contributed by atoms with Crippen LogP contribution in [0.25, 0.3) is 10.2 Å². The molecule has 176 valence electrons. The molecular weight excluding hydrogens is 473 g/mol. The van der Waals surface area contributed by atoms with Crippen LogP contribution >= 0.6 is 36.2 Å². The lowest BCUT2D eigenvalue weighted by molar-refractivity contribution is -0.164. The lowest BCUT2D eigenvalue weighted by atomic mass is 10.0. The largest absolute Gasteiger partial charge is 0.506 e. The van der Waals surface area contributed by atoms with E-state index in [9.17, 15) is 20.1 Å². The summed E-state index contributed by atoms with van der Waals surface area (Å²) < 4.78 is 0.349. The molecule has 0 amide bonds. The summed E-state index contributed by atoms with van der Waals surface area (Å²) in [5.74, 6) is -2.25. The Bertz CT molecular complexity index is 1080. The van der Waals surface area contributed by atoms with Crippen molar-refractivity contribution < 1.29 is 15.3 Å². The Morgan fingerprint density at radius 1 is 1.09 bits per heavy atom. The molecule has 32 heavy (non-hydrogen) atoms. The van der Waals surface area contributed by atoms with Crippen molar-refractivity contribution in [2.24, 2.45) is 0 Å². The molecule has 3 aromatic rings. The number of phenolic OH excluding ortho intramolecular Hbond substituents is 1. The van der Waals surface area contributed by atoms with Gasteiger partial charge in [-0.25, -0.2) is 0 Å². The topological polar surface area (TPSA) is 109 Å². The number of hydrogen-bond donors (Lipinski definition) is 5. The van der Waals surface area contributed by atoms with E-state index in [4.69, 9.17) is 0 Å². The van der Waals surface area contributed by atoms with Crippen LogP contribution in [0.15, 0.2) is 41.2 Å². The number of nitrogens with zero attached hydrogens (tertiary/aromatic N) is 1. The third-order valence-corrected chi connectivity index (χ3v) is 6.46. The number of phenols is 1. The van der Waals surface area contributed by atoms with E-state index < -0.39 is 5.79 Å². The van der Waals surface area contributed by atoms with Gasteiger partial charge in [-0.2, -0.15) is 0 Å². The van der Waals surface area contributed by atoms with Crippen molar-refractivity contribution in [2.75, 3.05) is 26.2 Å². The molecule has 1 aliphatic rings. The van der Waals surface area contributed by atoms with Gasteiger partial charge in [0.15, 0.2) is 0 Å². The normalized spacial score (nSPS) is 14.3. The van der Waals surface area contributed by atoms with Crippen LogP contribution in [0.3, 0.4) is 0 Å². The fraction of sp³-hybridized carbons (Fsp3) is 0.409. The van der Waals surface area contributed by atoms with Gasteiger partial charge in [0.2, 0.25) is 5.79 Å². The SMILES string of the molecule is Cl.Cl.O=c1[nH]c2c(O)ccc(C(O)(O)CNCCc3cccc(CN4CCCC4)c3)c2s1. The standard InChI is InChI=1S/C22H27N3O4S.2ClH/c26-18-7-6-17(20-19(18)24-21(27)30-20)22(28,29)14-23-9-8-15-4-3-5-16(12-15)13-25-10-1-2-11-25;;/h3-7,12,23,26,28-29H,1-2,8-11,13-14H2,(H,24,27);2*1H. The highest BCUT2D eigenvalue weighted by atomic mass is 35.5. The first kappa shape index (κ1) is 26.6. The fourth-order valence-electron chi connectivity index (χ4n) is 4.01. The molecule has 0 radical (unpaired) electrons. The Morgan fingerprint density at radius 2 is 1.81 bits per heavy atom. The Morgan fingerprint density at radius 3 is 2.56 bits per heavy atom. The quantitative estimate of drug-likeness (QED) is 0.240. The van der Waals surface area contributed by atoms with Gasteiger partial charge < -0.3 is 25.6 Å². The Labute approximate surface area is 202 Å². The van der Waals surface area contributed by atoms with Crippen molar-refractivity contribution in [3.05, 3.63) is 62.8 Å². The predicted molar refractivity (Wildman–Crippen MR) is 132 cm³/mol. The van der Waals surface area contributed by atoms with Crippen LogP contribution in [-0.4, -0.2) is 51.4 Å². The molecule has 1 aromatic heterocycles. The van der Waals surface area contributed by atoms with E-state index in [0.29, 0.717) is 11.2 Å². The van der Waals surface area contributed by atoms with E-state index in [1.807, 2.05) is 0 Å². The number of aromatic amines is 1. The molecule has 5 N–H and O–H groups in total. The van der Waals surface area contributed by atoms with Gasteiger partial charge in [-0.1, -0.05) is 35.6 Å². The number of aliphatic hydroxyl groups is 2. The van der Waals surface area contributed by atoms with E-state index in [2.05, 4.69) is 39.5 Å². The third-order valence-electron chi connectivity index (χ3n) is 5.55. The van der Waals surface area contributed by atoms with Crippen LogP contribution in [0.5, 0.6) is 5.75 Å². The molecule has 4 rings (SSSR count). The molecule has 1 fully saturated rings. The molecule has 2 heterocycles. The Hall–Kier alpha value is -1.65. The second kappa shape index (κ2) is 11.5. The Balaban J connectivity index is 0.00000181. The molecule has 2 aromatic carbocycles. The molecule has 0 aliphatic carbocycles. The van der Waals surface area contributed by atoms with E-state index in [1.165, 1.54) is 49.2 Å². The zero-order valence-electron chi connectivity index (χ0n) is 17.5. The van der Waals surface area contributed by atoms with Crippen molar-refractivity contribution >= 4 is 46.4 Å². The molecule has 0 bridgehead atoms. The van der Waals surface area contributed by atoms with Gasteiger partial charge in [-0.15, -0.1) is 24.8 Å². The van der Waals surface area contributed by atoms with Crippen LogP contribution in [-0.2, 0) is 18.8 Å². The average molecular weight is 502 g/mol. The third kappa shape index (κ3) is 6.23. The van der Waals surface area contributed by atoms with E-state index in [-0.39, 0.29) is 53.1 Å². The van der Waals surface area contributed by atoms with Crippen LogP contribution in [0, 0.1) is 0 Å². The van der Waals surface area contributed by atoms with E-state index in [1.54, 1.807) is 0 Å². The molecule has 0 unspecified atom stereocenters. The van der Waals surface area contributed by atoms with Gasteiger partial charge in [-0.05, 0) is 62.2 Å². The molecular formula is C22H29Cl2N3O4S. The highest BCUT2D eigenvalue weighted by Gasteiger charge is 2.29. The fourth-order valence-corrected chi connectivity index (χ4v) is 4.95. The number of likely N-dealkylation sites (tertiary alicyclic amines) is 1. The molecule has 10 heteroatoms. The molecule has 1 saturated heterocycles. The van der Waals surface area contributed by atoms with E-state index >= 15 is 0 Å². The summed E-state index contributed by atoms with van der Waals surface area (Å²) in [6, 6.07) is 11.3. The van der Waals surface area contributed by atoms with Crippen molar-refractivity contribution in [3.63, 3.8) is 0 Å². The minimum absolute atomic E-state index is 0. The number of nitrogens with one attached hydrogen (secondary N) is 2. The summed E-state index contributed by atoms with van der Waals surface area (Å²) in [6.45, 7) is 3.81. The molecule has 0 spiro atoms. The van der Waals surface area contributed by atoms with Crippen molar-refractivity contribution in [1.82, 2.24) is 15.2 Å². The lowest BCUT2D eigenvalue weighted by Gasteiger charge is -2.23. The zero-order valence-corrected chi connectivity index (χ0v) is 20.0. The second-order valence-corrected chi connectivity index (χ2v) is 8.88. The Kier molecular flexibility index (Phi) is 9.53. The van der Waals surface area contributed by atoms with Crippen LogP contribution < -0.4 is 10.2 Å². The summed E-state index contributed by atoms with van der Waals surface area (Å²) in [5, 5.41) is 34.1. The average Bonchev–Trinajstić information content (AvgIpc) is 3.35. The first-order valence-electron chi connectivity index (χ1n) is 10.2. The van der Waals surface area contributed by atoms with Crippen molar-refractivity contribution in [2.45, 2.75) is 31.6 Å². The van der Waals surface area contributed by atoms with Gasteiger partial charge in [0.25, 0.3) is 0 Å². The molecule has 0 saturated carbocycles. The zero-order chi connectivity index (χ0) is 21.1. The van der Waals surface area contributed by atoms with Crippen molar-refractivity contribution in [1.29, 1.82) is 0 Å². The molecule has 0 atom stereocenters. The van der Waals surface area contributed by atoms with Crippen LogP contribution in [0.4, 0.5) is 0 Å². The number of benzene rings is 2. The van der Waals surface area contributed by atoms with Gasteiger partial charge in [0.1, 0.15) is 11.3 Å². The second-order valence-electron chi connectivity index (χ2n) is 7.90. The summed E-state index contributed by atoms with van der Waals surface area (Å²) in [4.78, 5) is 16.3. The number of halogens is 2. The van der Waals surface area contributed by atoms with Gasteiger partial charge >= 0.3 is 4.87 Å². The first-order valence-corrected chi connectivity index (χ1v) is 11.0. The first-order chi connectivity index (χ1) is 14.4. The van der Waals surface area contributed by atoms with Crippen LogP contribution in [0.2, 0.25) is 0 Å². The summed E-state index contributed by atoms with van der Waals surface area (Å²) in [5.41, 5.74) is 2.93. The predicted octanol–water partition coefficient (Wildman–Crippen LogP) is 2.70.